The van der Waals surface area contributed by atoms with E-state index in [-0.39, 0.29) is 24.2 Å². The normalized spacial score (nSPS) is 10.7. The van der Waals surface area contributed by atoms with Crippen molar-refractivity contribution >= 4 is 17.6 Å². The van der Waals surface area contributed by atoms with Crippen LogP contribution < -0.4 is 10.1 Å². The van der Waals surface area contributed by atoms with Crippen molar-refractivity contribution in [3.63, 3.8) is 0 Å². The fraction of sp³-hybridized carbons (Fsp3) is 0.148. The number of nitrogens with zero attached hydrogens (tertiary/aromatic N) is 2. The second-order valence-corrected chi connectivity index (χ2v) is 7.94. The third-order valence-electron chi connectivity index (χ3n) is 5.18. The third-order valence-corrected chi connectivity index (χ3v) is 5.18. The van der Waals surface area contributed by atoms with Gasteiger partial charge in [0, 0.05) is 25.3 Å². The van der Waals surface area contributed by atoms with Crippen LogP contribution in [0.1, 0.15) is 12.5 Å². The van der Waals surface area contributed by atoms with Gasteiger partial charge >= 0.3 is 5.97 Å². The first-order chi connectivity index (χ1) is 16.9. The van der Waals surface area contributed by atoms with E-state index in [9.17, 15) is 14.0 Å². The van der Waals surface area contributed by atoms with Crippen LogP contribution in [0.5, 0.6) is 5.88 Å². The number of aromatic nitrogens is 2. The van der Waals surface area contributed by atoms with Crippen molar-refractivity contribution in [3.05, 3.63) is 84.2 Å². The van der Waals surface area contributed by atoms with Crippen LogP contribution in [0.15, 0.2) is 72.8 Å². The van der Waals surface area contributed by atoms with Gasteiger partial charge in [-0.2, -0.15) is 9.78 Å². The molecule has 1 aromatic heterocycles. The number of hydrogen-bond acceptors (Lipinski definition) is 5. The molecule has 0 aliphatic carbocycles. The Morgan fingerprint density at radius 3 is 2.34 bits per heavy atom. The Kier molecular flexibility index (Phi) is 7.03. The van der Waals surface area contributed by atoms with Crippen LogP contribution in [0.25, 0.3) is 28.1 Å². The van der Waals surface area contributed by atoms with Crippen molar-refractivity contribution in [2.24, 2.45) is 0 Å². The molecule has 178 valence electrons. The molecule has 0 saturated carbocycles. The predicted molar refractivity (Wildman–Crippen MR) is 131 cm³/mol. The first kappa shape index (κ1) is 23.8. The summed E-state index contributed by atoms with van der Waals surface area (Å²) in [6.45, 7) is 3.23. The minimum Gasteiger partial charge on any atom is -0.407 e. The first-order valence-electron chi connectivity index (χ1n) is 10.9. The summed E-state index contributed by atoms with van der Waals surface area (Å²) in [6, 6.07) is 20.7. The van der Waals surface area contributed by atoms with Crippen LogP contribution in [-0.2, 0) is 14.3 Å². The summed E-state index contributed by atoms with van der Waals surface area (Å²) >= 11 is 0. The quantitative estimate of drug-likeness (QED) is 0.375. The molecule has 0 aliphatic rings. The highest BCUT2D eigenvalue weighted by Crippen LogP contribution is 2.41. The van der Waals surface area contributed by atoms with Gasteiger partial charge in [-0.25, -0.2) is 4.39 Å². The number of esters is 1. The van der Waals surface area contributed by atoms with E-state index in [2.05, 4.69) is 5.32 Å². The van der Waals surface area contributed by atoms with Crippen LogP contribution in [0, 0.1) is 12.7 Å². The lowest BCUT2D eigenvalue weighted by Crippen LogP contribution is -2.16. The van der Waals surface area contributed by atoms with Crippen molar-refractivity contribution in [1.82, 2.24) is 9.78 Å². The van der Waals surface area contributed by atoms with Gasteiger partial charge in [0.05, 0.1) is 11.3 Å². The summed E-state index contributed by atoms with van der Waals surface area (Å²) in [5.41, 5.74) is 4.88. The number of ether oxygens (including phenoxy) is 2. The van der Waals surface area contributed by atoms with Gasteiger partial charge in [-0.15, -0.1) is 0 Å². The largest absolute Gasteiger partial charge is 0.407 e. The minimum atomic E-state index is -0.520. The molecular formula is C27H24FN3O4. The molecule has 0 radical (unpaired) electrons. The summed E-state index contributed by atoms with van der Waals surface area (Å²) in [5, 5.41) is 7.53. The summed E-state index contributed by atoms with van der Waals surface area (Å²) in [7, 11) is 1.45. The Balaban J connectivity index is 1.90. The third kappa shape index (κ3) is 5.44. The van der Waals surface area contributed by atoms with E-state index in [1.165, 1.54) is 30.8 Å². The van der Waals surface area contributed by atoms with E-state index in [4.69, 9.17) is 14.6 Å². The SMILES string of the molecule is COCC(=O)Nc1ccc(-c2c(-c3cccc(C)c3)nn(-c3ccc(F)cc3)c2OC(C)=O)cc1. The Hall–Kier alpha value is -4.30. The lowest BCUT2D eigenvalue weighted by molar-refractivity contribution is -0.132. The first-order valence-corrected chi connectivity index (χ1v) is 10.9. The minimum absolute atomic E-state index is 0.0553. The van der Waals surface area contributed by atoms with Crippen molar-refractivity contribution in [2.45, 2.75) is 13.8 Å². The molecule has 0 unspecified atom stereocenters. The monoisotopic (exact) mass is 473 g/mol. The number of benzene rings is 3. The Bertz CT molecular complexity index is 1360. The van der Waals surface area contributed by atoms with Crippen LogP contribution in [0.4, 0.5) is 10.1 Å². The zero-order valence-electron chi connectivity index (χ0n) is 19.5. The standard InChI is InChI=1S/C27H24FN3O4/c1-17-5-4-6-20(15-17)26-25(19-7-11-22(12-8-19)29-24(33)16-34-3)27(35-18(2)32)31(30-26)23-13-9-21(28)10-14-23/h4-15H,16H2,1-3H3,(H,29,33). The highest BCUT2D eigenvalue weighted by Gasteiger charge is 2.24. The number of halogens is 1. The second-order valence-electron chi connectivity index (χ2n) is 7.94. The number of hydrogen-bond donors (Lipinski definition) is 1. The molecule has 7 nitrogen and oxygen atoms in total. The van der Waals surface area contributed by atoms with E-state index < -0.39 is 5.97 Å². The zero-order chi connectivity index (χ0) is 24.9. The van der Waals surface area contributed by atoms with E-state index in [0.717, 1.165) is 16.7 Å². The molecular weight excluding hydrogens is 449 g/mol. The average molecular weight is 474 g/mol. The number of carbonyl (C=O) groups is 2. The Morgan fingerprint density at radius 1 is 1.00 bits per heavy atom. The molecule has 3 aromatic carbocycles. The topological polar surface area (TPSA) is 82.4 Å². The zero-order valence-corrected chi connectivity index (χ0v) is 19.5. The molecule has 0 aliphatic heterocycles. The van der Waals surface area contributed by atoms with Crippen molar-refractivity contribution in [2.75, 3.05) is 19.0 Å². The van der Waals surface area contributed by atoms with Gasteiger partial charge in [0.25, 0.3) is 0 Å². The molecule has 0 spiro atoms. The van der Waals surface area contributed by atoms with E-state index in [0.29, 0.717) is 22.6 Å². The molecule has 1 N–H and O–H groups in total. The lowest BCUT2D eigenvalue weighted by Gasteiger charge is -2.10. The van der Waals surface area contributed by atoms with Crippen LogP contribution in [0.3, 0.4) is 0 Å². The number of amides is 1. The van der Waals surface area contributed by atoms with Gasteiger partial charge in [-0.3, -0.25) is 9.59 Å². The average Bonchev–Trinajstić information content (AvgIpc) is 3.18. The molecule has 4 rings (SSSR count). The maximum atomic E-state index is 13.6. The second kappa shape index (κ2) is 10.3. The van der Waals surface area contributed by atoms with Gasteiger partial charge in [0.1, 0.15) is 18.1 Å². The van der Waals surface area contributed by atoms with Crippen LogP contribution >= 0.6 is 0 Å². The van der Waals surface area contributed by atoms with Gasteiger partial charge in [0.15, 0.2) is 0 Å². The molecule has 0 saturated heterocycles. The van der Waals surface area contributed by atoms with Gasteiger partial charge in [-0.05, 0) is 55.0 Å². The Labute approximate surface area is 202 Å². The smallest absolute Gasteiger partial charge is 0.309 e. The fourth-order valence-electron chi connectivity index (χ4n) is 3.69. The number of aryl methyl sites for hydroxylation is 1. The summed E-state index contributed by atoms with van der Waals surface area (Å²) < 4.78 is 25.6. The van der Waals surface area contributed by atoms with Crippen LogP contribution in [0.2, 0.25) is 0 Å². The number of methoxy groups -OCH3 is 1. The molecule has 4 aromatic rings. The molecule has 0 atom stereocenters. The number of carbonyl (C=O) groups excluding carboxylic acids is 2. The van der Waals surface area contributed by atoms with Gasteiger partial charge < -0.3 is 14.8 Å². The summed E-state index contributed by atoms with van der Waals surface area (Å²) in [6.07, 6.45) is 0. The Morgan fingerprint density at radius 2 is 1.71 bits per heavy atom. The van der Waals surface area contributed by atoms with Crippen molar-refractivity contribution in [1.29, 1.82) is 0 Å². The highest BCUT2D eigenvalue weighted by atomic mass is 19.1. The van der Waals surface area contributed by atoms with Crippen molar-refractivity contribution in [3.8, 4) is 34.0 Å². The van der Waals surface area contributed by atoms with Gasteiger partial charge in [0.2, 0.25) is 11.8 Å². The number of rotatable bonds is 7. The molecule has 35 heavy (non-hydrogen) atoms. The lowest BCUT2D eigenvalue weighted by atomic mass is 10.00. The van der Waals surface area contributed by atoms with E-state index >= 15 is 0 Å². The molecule has 0 bridgehead atoms. The molecule has 1 heterocycles. The van der Waals surface area contributed by atoms with E-state index in [1.54, 1.807) is 36.4 Å². The van der Waals surface area contributed by atoms with Crippen molar-refractivity contribution < 1.29 is 23.5 Å². The van der Waals surface area contributed by atoms with Gasteiger partial charge in [-0.1, -0.05) is 35.9 Å². The highest BCUT2D eigenvalue weighted by molar-refractivity contribution is 5.93. The van der Waals surface area contributed by atoms with Crippen LogP contribution in [-0.4, -0.2) is 35.4 Å². The maximum absolute atomic E-state index is 13.6. The molecule has 0 fully saturated rings. The molecule has 1 amide bonds. The number of anilines is 1. The number of nitrogens with one attached hydrogen (secondary N) is 1. The molecule has 8 heteroatoms. The summed E-state index contributed by atoms with van der Waals surface area (Å²) in [5.74, 6) is -0.976. The maximum Gasteiger partial charge on any atom is 0.309 e. The fourth-order valence-corrected chi connectivity index (χ4v) is 3.69. The van der Waals surface area contributed by atoms with E-state index in [1.807, 2.05) is 31.2 Å². The predicted octanol–water partition coefficient (Wildman–Crippen LogP) is 5.16. The summed E-state index contributed by atoms with van der Waals surface area (Å²) in [4.78, 5) is 24.0.